The van der Waals surface area contributed by atoms with Gasteiger partial charge in [0.15, 0.2) is 6.10 Å². The van der Waals surface area contributed by atoms with Gasteiger partial charge in [-0.05, 0) is 34.4 Å². The second kappa shape index (κ2) is 17.0. The first-order valence-electron chi connectivity index (χ1n) is 16.2. The molecule has 7 nitrogen and oxygen atoms in total. The maximum atomic E-state index is 13.5. The molecular weight excluding hydrogens is 604 g/mol. The van der Waals surface area contributed by atoms with Crippen molar-refractivity contribution in [1.82, 2.24) is 0 Å². The number of rotatable bonds is 14. The van der Waals surface area contributed by atoms with E-state index in [0.29, 0.717) is 5.56 Å². The molecule has 1 aliphatic rings. The van der Waals surface area contributed by atoms with Gasteiger partial charge in [-0.15, -0.1) is 0 Å². The highest BCUT2D eigenvalue weighted by Gasteiger charge is 2.55. The SMILES string of the molecule is O=C(O[C@H]1[C@@H](O)[C@@H](OCc2ccccc2)[C@H](OCc2ccccc2)[C@@H](OCc2ccccc2)[C@@H]1OCc1ccccc1)c1ccccc1. The van der Waals surface area contributed by atoms with Gasteiger partial charge in [0.2, 0.25) is 0 Å². The van der Waals surface area contributed by atoms with Crippen LogP contribution in [-0.4, -0.2) is 47.7 Å². The monoisotopic (exact) mass is 644 g/mol. The first-order chi connectivity index (χ1) is 23.7. The Balaban J connectivity index is 1.37. The number of esters is 1. The summed E-state index contributed by atoms with van der Waals surface area (Å²) >= 11 is 0. The van der Waals surface area contributed by atoms with Crippen LogP contribution in [0, 0.1) is 0 Å². The van der Waals surface area contributed by atoms with Crippen molar-refractivity contribution < 1.29 is 33.6 Å². The molecule has 6 rings (SSSR count). The number of aliphatic hydroxyl groups is 1. The van der Waals surface area contributed by atoms with E-state index in [9.17, 15) is 9.90 Å². The van der Waals surface area contributed by atoms with E-state index in [2.05, 4.69) is 0 Å². The Morgan fingerprint density at radius 1 is 0.417 bits per heavy atom. The van der Waals surface area contributed by atoms with Crippen molar-refractivity contribution in [1.29, 1.82) is 0 Å². The van der Waals surface area contributed by atoms with Gasteiger partial charge in [-0.2, -0.15) is 0 Å². The van der Waals surface area contributed by atoms with E-state index in [1.807, 2.05) is 127 Å². The van der Waals surface area contributed by atoms with Crippen LogP contribution in [0.1, 0.15) is 32.6 Å². The summed E-state index contributed by atoms with van der Waals surface area (Å²) in [4.78, 5) is 13.5. The fourth-order valence-corrected chi connectivity index (χ4v) is 5.87. The predicted molar refractivity (Wildman–Crippen MR) is 182 cm³/mol. The predicted octanol–water partition coefficient (Wildman–Crippen LogP) is 6.93. The van der Waals surface area contributed by atoms with Gasteiger partial charge in [0.1, 0.15) is 30.5 Å². The van der Waals surface area contributed by atoms with Gasteiger partial charge in [0.05, 0.1) is 32.0 Å². The van der Waals surface area contributed by atoms with Crippen molar-refractivity contribution in [3.63, 3.8) is 0 Å². The third-order valence-electron chi connectivity index (χ3n) is 8.36. The van der Waals surface area contributed by atoms with Crippen LogP contribution in [0.25, 0.3) is 0 Å². The summed E-state index contributed by atoms with van der Waals surface area (Å²) in [6.45, 7) is 0.884. The molecule has 0 unspecified atom stereocenters. The van der Waals surface area contributed by atoms with Crippen molar-refractivity contribution >= 4 is 5.97 Å². The molecule has 6 atom stereocenters. The Kier molecular flexibility index (Phi) is 11.8. The molecule has 0 bridgehead atoms. The topological polar surface area (TPSA) is 83.5 Å². The van der Waals surface area contributed by atoms with E-state index < -0.39 is 42.6 Å². The van der Waals surface area contributed by atoms with E-state index in [0.717, 1.165) is 22.3 Å². The Morgan fingerprint density at radius 3 is 1.08 bits per heavy atom. The molecule has 0 amide bonds. The average molecular weight is 645 g/mol. The summed E-state index contributed by atoms with van der Waals surface area (Å²) in [5.41, 5.74) is 4.11. The third kappa shape index (κ3) is 8.83. The lowest BCUT2D eigenvalue weighted by molar-refractivity contribution is -0.273. The highest BCUT2D eigenvalue weighted by molar-refractivity contribution is 5.89. The zero-order valence-corrected chi connectivity index (χ0v) is 26.6. The van der Waals surface area contributed by atoms with Gasteiger partial charge in [0.25, 0.3) is 0 Å². The maximum Gasteiger partial charge on any atom is 0.338 e. The maximum absolute atomic E-state index is 13.5. The third-order valence-corrected chi connectivity index (χ3v) is 8.36. The summed E-state index contributed by atoms with van der Waals surface area (Å²) in [6.07, 6.45) is -5.87. The second-order valence-corrected chi connectivity index (χ2v) is 11.8. The molecule has 0 saturated heterocycles. The minimum atomic E-state index is -1.31. The molecule has 1 fully saturated rings. The first-order valence-corrected chi connectivity index (χ1v) is 16.2. The number of hydrogen-bond acceptors (Lipinski definition) is 7. The van der Waals surface area contributed by atoms with E-state index in [1.54, 1.807) is 24.3 Å². The zero-order chi connectivity index (χ0) is 33.0. The lowest BCUT2D eigenvalue weighted by Crippen LogP contribution is -2.67. The van der Waals surface area contributed by atoms with Crippen LogP contribution in [0.15, 0.2) is 152 Å². The minimum absolute atomic E-state index is 0.198. The van der Waals surface area contributed by atoms with Gasteiger partial charge in [-0.1, -0.05) is 140 Å². The molecule has 5 aromatic rings. The highest BCUT2D eigenvalue weighted by Crippen LogP contribution is 2.35. The largest absolute Gasteiger partial charge is 0.453 e. The fourth-order valence-electron chi connectivity index (χ4n) is 5.87. The van der Waals surface area contributed by atoms with Crippen LogP contribution in [-0.2, 0) is 50.1 Å². The molecule has 0 aromatic heterocycles. The van der Waals surface area contributed by atoms with Crippen LogP contribution in [0.3, 0.4) is 0 Å². The molecule has 1 aliphatic carbocycles. The van der Waals surface area contributed by atoms with E-state index in [1.165, 1.54) is 0 Å². The molecule has 0 spiro atoms. The van der Waals surface area contributed by atoms with Gasteiger partial charge in [0, 0.05) is 0 Å². The van der Waals surface area contributed by atoms with Crippen LogP contribution in [0.5, 0.6) is 0 Å². The van der Waals surface area contributed by atoms with Crippen LogP contribution in [0.2, 0.25) is 0 Å². The molecule has 0 aliphatic heterocycles. The summed E-state index contributed by atoms with van der Waals surface area (Å²) in [5.74, 6) is -0.583. The van der Waals surface area contributed by atoms with E-state index in [-0.39, 0.29) is 26.4 Å². The number of ether oxygens (including phenoxy) is 5. The van der Waals surface area contributed by atoms with E-state index in [4.69, 9.17) is 23.7 Å². The second-order valence-electron chi connectivity index (χ2n) is 11.8. The Labute approximate surface area is 281 Å². The highest BCUT2D eigenvalue weighted by atomic mass is 16.6. The summed E-state index contributed by atoms with van der Waals surface area (Å²) in [5, 5.41) is 12.1. The van der Waals surface area contributed by atoms with Gasteiger partial charge in [-0.3, -0.25) is 0 Å². The summed E-state index contributed by atoms with van der Waals surface area (Å²) in [6, 6.07) is 47.8. The smallest absolute Gasteiger partial charge is 0.338 e. The van der Waals surface area contributed by atoms with Crippen molar-refractivity contribution in [2.45, 2.75) is 63.1 Å². The normalized spacial score (nSPS) is 22.2. The van der Waals surface area contributed by atoms with E-state index >= 15 is 0 Å². The molecule has 1 N–H and O–H groups in total. The first kappa shape index (κ1) is 33.3. The van der Waals surface area contributed by atoms with Gasteiger partial charge >= 0.3 is 5.97 Å². The summed E-state index contributed by atoms with van der Waals surface area (Å²) < 4.78 is 32.5. The molecule has 0 heterocycles. The quantitative estimate of drug-likeness (QED) is 0.131. The number of hydrogen-bond donors (Lipinski definition) is 1. The lowest BCUT2D eigenvalue weighted by atomic mass is 9.83. The van der Waals surface area contributed by atoms with Crippen molar-refractivity contribution in [2.75, 3.05) is 0 Å². The summed E-state index contributed by atoms with van der Waals surface area (Å²) in [7, 11) is 0. The molecule has 48 heavy (non-hydrogen) atoms. The Hall–Kier alpha value is -4.63. The standard InChI is InChI=1S/C41H40O7/c42-35-36(44-26-30-16-6-1-7-17-30)38(45-27-31-18-8-2-9-19-31)40(47-29-33-22-12-4-13-23-33)39(46-28-32-20-10-3-11-21-32)37(35)48-41(43)34-24-14-5-15-25-34/h1-25,35-40,42H,26-29H2/t35-,36+,37-,38-,39+,40+/m0/s1. The Morgan fingerprint density at radius 2 is 0.708 bits per heavy atom. The van der Waals surface area contributed by atoms with Crippen LogP contribution < -0.4 is 0 Å². The zero-order valence-electron chi connectivity index (χ0n) is 26.6. The van der Waals surface area contributed by atoms with Crippen molar-refractivity contribution in [3.05, 3.63) is 179 Å². The number of benzene rings is 5. The fraction of sp³-hybridized carbons (Fsp3) is 0.244. The van der Waals surface area contributed by atoms with Crippen molar-refractivity contribution in [3.8, 4) is 0 Å². The average Bonchev–Trinajstić information content (AvgIpc) is 3.15. The minimum Gasteiger partial charge on any atom is -0.453 e. The molecule has 246 valence electrons. The van der Waals surface area contributed by atoms with Crippen LogP contribution in [0.4, 0.5) is 0 Å². The van der Waals surface area contributed by atoms with Gasteiger partial charge < -0.3 is 28.8 Å². The molecule has 1 saturated carbocycles. The van der Waals surface area contributed by atoms with Crippen LogP contribution >= 0.6 is 0 Å². The molecular formula is C41H40O7. The number of carbonyl (C=O) groups excluding carboxylic acids is 1. The number of aliphatic hydroxyl groups excluding tert-OH is 1. The Bertz CT molecular complexity index is 1650. The lowest BCUT2D eigenvalue weighted by Gasteiger charge is -2.48. The molecule has 5 aromatic carbocycles. The molecule has 0 radical (unpaired) electrons. The van der Waals surface area contributed by atoms with Gasteiger partial charge in [-0.25, -0.2) is 4.79 Å². The number of carbonyl (C=O) groups is 1. The molecule has 7 heteroatoms. The van der Waals surface area contributed by atoms with Crippen molar-refractivity contribution in [2.24, 2.45) is 0 Å².